The minimum atomic E-state index is -1.10. The first kappa shape index (κ1) is 15.2. The molecule has 0 unspecified atom stereocenters. The van der Waals surface area contributed by atoms with Crippen LogP contribution in [0.2, 0.25) is 5.02 Å². The summed E-state index contributed by atoms with van der Waals surface area (Å²) < 4.78 is 26.4. The predicted molar refractivity (Wildman–Crippen MR) is 77.2 cm³/mol. The monoisotopic (exact) mass is 308 g/mol. The van der Waals surface area contributed by atoms with E-state index in [9.17, 15) is 13.6 Å². The van der Waals surface area contributed by atoms with Crippen LogP contribution in [0, 0.1) is 11.6 Å². The molecule has 2 rings (SSSR count). The van der Waals surface area contributed by atoms with E-state index in [0.29, 0.717) is 5.02 Å². The first-order valence-electron chi connectivity index (χ1n) is 6.09. The Labute approximate surface area is 125 Å². The van der Waals surface area contributed by atoms with Crippen LogP contribution in [-0.2, 0) is 11.2 Å². The van der Waals surface area contributed by atoms with Crippen molar-refractivity contribution in [2.45, 2.75) is 6.42 Å². The highest BCUT2D eigenvalue weighted by atomic mass is 35.5. The average Bonchev–Trinajstić information content (AvgIpc) is 2.44. The van der Waals surface area contributed by atoms with Crippen LogP contribution < -0.4 is 0 Å². The van der Waals surface area contributed by atoms with Gasteiger partial charge in [-0.25, -0.2) is 8.78 Å². The number of allylic oxidation sites excluding steroid dienone is 1. The van der Waals surface area contributed by atoms with Gasteiger partial charge >= 0.3 is 0 Å². The molecule has 2 aromatic carbocycles. The molecule has 0 radical (unpaired) electrons. The fourth-order valence-electron chi connectivity index (χ4n) is 1.78. The van der Waals surface area contributed by atoms with Crippen LogP contribution in [0.1, 0.15) is 11.1 Å². The summed E-state index contributed by atoms with van der Waals surface area (Å²) in [7, 11) is 0. The lowest BCUT2D eigenvalue weighted by Crippen LogP contribution is -1.98. The topological polar surface area (TPSA) is 37.3 Å². The molecule has 108 valence electrons. The first-order valence-corrected chi connectivity index (χ1v) is 6.47. The van der Waals surface area contributed by atoms with Crippen LogP contribution in [0.5, 0.6) is 5.75 Å². The molecule has 1 N–H and O–H groups in total. The van der Waals surface area contributed by atoms with Gasteiger partial charge in [-0.15, -0.1) is 0 Å². The van der Waals surface area contributed by atoms with E-state index in [1.54, 1.807) is 24.3 Å². The molecule has 0 bridgehead atoms. The summed E-state index contributed by atoms with van der Waals surface area (Å²) in [5.74, 6) is -3.46. The molecule has 0 heterocycles. The maximum atomic E-state index is 13.5. The highest BCUT2D eigenvalue weighted by Crippen LogP contribution is 2.23. The molecule has 0 aliphatic carbocycles. The lowest BCUT2D eigenvalue weighted by atomic mass is 10.1. The van der Waals surface area contributed by atoms with E-state index >= 15 is 0 Å². The van der Waals surface area contributed by atoms with Crippen LogP contribution in [0.3, 0.4) is 0 Å². The lowest BCUT2D eigenvalue weighted by Gasteiger charge is -2.01. The fraction of sp³-hybridized carbons (Fsp3) is 0.0625. The highest BCUT2D eigenvalue weighted by molar-refractivity contribution is 6.30. The molecule has 0 atom stereocenters. The summed E-state index contributed by atoms with van der Waals surface area (Å²) in [6.45, 7) is 0. The quantitative estimate of drug-likeness (QED) is 0.862. The Morgan fingerprint density at radius 3 is 2.71 bits per heavy atom. The average molecular weight is 309 g/mol. The van der Waals surface area contributed by atoms with Crippen molar-refractivity contribution in [3.63, 3.8) is 0 Å². The summed E-state index contributed by atoms with van der Waals surface area (Å²) in [6, 6.07) is 8.92. The third-order valence-corrected chi connectivity index (χ3v) is 3.05. The first-order chi connectivity index (χ1) is 9.97. The van der Waals surface area contributed by atoms with Gasteiger partial charge in [-0.2, -0.15) is 0 Å². The van der Waals surface area contributed by atoms with Crippen LogP contribution in [0.15, 0.2) is 42.5 Å². The molecular formula is C16H11ClF2O2. The summed E-state index contributed by atoms with van der Waals surface area (Å²) in [6.07, 6.45) is 2.49. The predicted octanol–water partition coefficient (Wildman–Crippen LogP) is 4.15. The van der Waals surface area contributed by atoms with Crippen molar-refractivity contribution in [3.8, 4) is 5.75 Å². The summed E-state index contributed by atoms with van der Waals surface area (Å²) in [4.78, 5) is 11.8. The third-order valence-electron chi connectivity index (χ3n) is 2.81. The highest BCUT2D eigenvalue weighted by Gasteiger charge is 2.10. The number of phenols is 1. The smallest absolute Gasteiger partial charge is 0.188 e. The molecule has 0 spiro atoms. The Kier molecular flexibility index (Phi) is 4.70. The van der Waals surface area contributed by atoms with Gasteiger partial charge in [-0.05, 0) is 42.0 Å². The molecule has 2 aromatic rings. The van der Waals surface area contributed by atoms with Crippen LogP contribution in [0.4, 0.5) is 8.78 Å². The summed E-state index contributed by atoms with van der Waals surface area (Å²) >= 11 is 5.81. The molecule has 0 saturated heterocycles. The maximum Gasteiger partial charge on any atom is 0.188 e. The van der Waals surface area contributed by atoms with Gasteiger partial charge in [0.15, 0.2) is 23.2 Å². The second-order valence-electron chi connectivity index (χ2n) is 4.41. The zero-order chi connectivity index (χ0) is 15.4. The molecule has 21 heavy (non-hydrogen) atoms. The molecule has 5 heteroatoms. The Balaban J connectivity index is 2.11. The number of hydrogen-bond acceptors (Lipinski definition) is 2. The minimum Gasteiger partial charge on any atom is -0.503 e. The number of benzene rings is 2. The van der Waals surface area contributed by atoms with Gasteiger partial charge in [-0.3, -0.25) is 4.79 Å². The lowest BCUT2D eigenvalue weighted by molar-refractivity contribution is -0.113. The molecule has 0 aliphatic heterocycles. The Morgan fingerprint density at radius 2 is 2.00 bits per heavy atom. The minimum absolute atomic E-state index is 0.0617. The van der Waals surface area contributed by atoms with Gasteiger partial charge in [-0.1, -0.05) is 23.7 Å². The van der Waals surface area contributed by atoms with E-state index in [1.807, 2.05) is 0 Å². The Bertz CT molecular complexity index is 711. The molecule has 2 nitrogen and oxygen atoms in total. The number of rotatable bonds is 4. The molecule has 0 aromatic heterocycles. The van der Waals surface area contributed by atoms with Crippen molar-refractivity contribution in [3.05, 3.63) is 70.3 Å². The summed E-state index contributed by atoms with van der Waals surface area (Å²) in [5, 5.41) is 9.66. The fourth-order valence-corrected chi connectivity index (χ4v) is 1.99. The molecule has 0 fully saturated rings. The molecule has 0 saturated carbocycles. The van der Waals surface area contributed by atoms with Gasteiger partial charge in [0.2, 0.25) is 0 Å². The zero-order valence-corrected chi connectivity index (χ0v) is 11.6. The second-order valence-corrected chi connectivity index (χ2v) is 4.84. The van der Waals surface area contributed by atoms with Gasteiger partial charge in [0.25, 0.3) is 0 Å². The van der Waals surface area contributed by atoms with E-state index in [2.05, 4.69) is 0 Å². The van der Waals surface area contributed by atoms with Gasteiger partial charge in [0.05, 0.1) is 0 Å². The number of carbonyl (C=O) groups is 1. The Morgan fingerprint density at radius 1 is 1.24 bits per heavy atom. The number of carbonyl (C=O) groups excluding carboxylic acids is 1. The number of ketones is 1. The van der Waals surface area contributed by atoms with E-state index < -0.39 is 17.4 Å². The van der Waals surface area contributed by atoms with Crippen LogP contribution >= 0.6 is 11.6 Å². The SMILES string of the molecule is O=C(/C=C/c1ccc(F)c(O)c1F)Cc1cccc(Cl)c1. The van der Waals surface area contributed by atoms with Crippen molar-refractivity contribution in [1.29, 1.82) is 0 Å². The zero-order valence-electron chi connectivity index (χ0n) is 10.8. The Hall–Kier alpha value is -2.20. The van der Waals surface area contributed by atoms with Crippen molar-refractivity contribution < 1.29 is 18.7 Å². The van der Waals surface area contributed by atoms with Crippen molar-refractivity contribution in [2.75, 3.05) is 0 Å². The number of phenolic OH excluding ortho intramolecular Hbond substituents is 1. The van der Waals surface area contributed by atoms with E-state index in [1.165, 1.54) is 12.2 Å². The van der Waals surface area contributed by atoms with E-state index in [0.717, 1.165) is 17.7 Å². The van der Waals surface area contributed by atoms with Crippen LogP contribution in [-0.4, -0.2) is 10.9 Å². The van der Waals surface area contributed by atoms with E-state index in [-0.39, 0.29) is 17.8 Å². The summed E-state index contributed by atoms with van der Waals surface area (Å²) in [5.41, 5.74) is 0.674. The molecule has 0 aliphatic rings. The standard InChI is InChI=1S/C16H11ClF2O2/c17-12-3-1-2-10(8-12)9-13(20)6-4-11-5-7-14(18)16(21)15(11)19/h1-8,21H,9H2/b6-4+. The maximum absolute atomic E-state index is 13.5. The second kappa shape index (κ2) is 6.50. The van der Waals surface area contributed by atoms with Crippen molar-refractivity contribution >= 4 is 23.5 Å². The number of aromatic hydroxyl groups is 1. The van der Waals surface area contributed by atoms with Crippen molar-refractivity contribution in [2.24, 2.45) is 0 Å². The molecular weight excluding hydrogens is 298 g/mol. The van der Waals surface area contributed by atoms with E-state index in [4.69, 9.17) is 16.7 Å². The normalized spacial score (nSPS) is 11.0. The van der Waals surface area contributed by atoms with Gasteiger partial charge < -0.3 is 5.11 Å². The number of halogens is 3. The largest absolute Gasteiger partial charge is 0.503 e. The molecule has 0 amide bonds. The van der Waals surface area contributed by atoms with Crippen LogP contribution in [0.25, 0.3) is 6.08 Å². The third kappa shape index (κ3) is 3.89. The van der Waals surface area contributed by atoms with Gasteiger partial charge in [0, 0.05) is 17.0 Å². The van der Waals surface area contributed by atoms with Gasteiger partial charge in [0.1, 0.15) is 0 Å². The van der Waals surface area contributed by atoms with Crippen molar-refractivity contribution in [1.82, 2.24) is 0 Å². The number of hydrogen-bond donors (Lipinski definition) is 1.